The highest BCUT2D eigenvalue weighted by Gasteiger charge is 2.14. The minimum Gasteiger partial charge on any atom is -0.423 e. The van der Waals surface area contributed by atoms with Crippen LogP contribution in [0.2, 0.25) is 0 Å². The minimum absolute atomic E-state index is 0.343. The number of anilines is 1. The van der Waals surface area contributed by atoms with Gasteiger partial charge in [-0.2, -0.15) is 16.7 Å². The van der Waals surface area contributed by atoms with E-state index in [9.17, 15) is 4.79 Å². The highest BCUT2D eigenvalue weighted by molar-refractivity contribution is 7.97. The fourth-order valence-corrected chi connectivity index (χ4v) is 3.86. The Morgan fingerprint density at radius 3 is 2.96 bits per heavy atom. The second kappa shape index (κ2) is 7.44. The van der Waals surface area contributed by atoms with E-state index in [1.165, 1.54) is 10.5 Å². The van der Waals surface area contributed by atoms with Gasteiger partial charge in [-0.05, 0) is 43.2 Å². The van der Waals surface area contributed by atoms with Gasteiger partial charge in [0.1, 0.15) is 11.2 Å². The predicted molar refractivity (Wildman–Crippen MR) is 108 cm³/mol. The molecule has 0 aliphatic rings. The van der Waals surface area contributed by atoms with Crippen LogP contribution in [-0.2, 0) is 16.3 Å². The molecule has 0 N–H and O–H groups in total. The zero-order chi connectivity index (χ0) is 18.8. The molecule has 0 saturated heterocycles. The maximum absolute atomic E-state index is 11.1. The normalized spacial score (nSPS) is 11.3. The number of hydrogen-bond donors (Lipinski definition) is 0. The molecule has 0 aliphatic carbocycles. The molecule has 138 valence electrons. The number of amides is 1. The number of pyridine rings is 1. The summed E-state index contributed by atoms with van der Waals surface area (Å²) in [4.78, 5) is 21.8. The van der Waals surface area contributed by atoms with Crippen molar-refractivity contribution < 1.29 is 9.21 Å². The Kier molecular flexibility index (Phi) is 4.85. The van der Waals surface area contributed by atoms with E-state index in [0.717, 1.165) is 40.3 Å². The Morgan fingerprint density at radius 2 is 2.15 bits per heavy atom. The fourth-order valence-electron chi connectivity index (χ4n) is 2.96. The third-order valence-electron chi connectivity index (χ3n) is 4.38. The van der Waals surface area contributed by atoms with Crippen molar-refractivity contribution in [2.75, 3.05) is 11.4 Å². The van der Waals surface area contributed by atoms with Gasteiger partial charge in [0.05, 0.1) is 5.69 Å². The maximum atomic E-state index is 11.1. The summed E-state index contributed by atoms with van der Waals surface area (Å²) < 4.78 is 7.77. The van der Waals surface area contributed by atoms with Crippen molar-refractivity contribution in [3.05, 3.63) is 59.5 Å². The third-order valence-corrected chi connectivity index (χ3v) is 5.39. The lowest BCUT2D eigenvalue weighted by atomic mass is 10.2. The summed E-state index contributed by atoms with van der Waals surface area (Å²) in [5.41, 5.74) is 5.84. The second-order valence-corrected chi connectivity index (χ2v) is 7.33. The quantitative estimate of drug-likeness (QED) is 0.450. The van der Waals surface area contributed by atoms with Crippen molar-refractivity contribution in [1.29, 1.82) is 0 Å². The number of rotatable bonds is 7. The smallest absolute Gasteiger partial charge is 0.305 e. The van der Waals surface area contributed by atoms with E-state index >= 15 is 0 Å². The van der Waals surface area contributed by atoms with Gasteiger partial charge in [0.25, 0.3) is 0 Å². The van der Waals surface area contributed by atoms with E-state index in [4.69, 9.17) is 4.42 Å². The number of thioether (sulfide) groups is 1. The predicted octanol–water partition coefficient (Wildman–Crippen LogP) is 4.20. The first-order valence-electron chi connectivity index (χ1n) is 8.80. The van der Waals surface area contributed by atoms with Crippen LogP contribution in [0.1, 0.15) is 23.7 Å². The molecule has 6 nitrogen and oxygen atoms in total. The van der Waals surface area contributed by atoms with Crippen LogP contribution >= 0.6 is 11.8 Å². The first-order chi connectivity index (χ1) is 13.2. The molecule has 0 radical (unpaired) electrons. The molecule has 7 heteroatoms. The second-order valence-electron chi connectivity index (χ2n) is 6.35. The summed E-state index contributed by atoms with van der Waals surface area (Å²) in [5.74, 6) is 1.61. The van der Waals surface area contributed by atoms with Gasteiger partial charge in [0.15, 0.2) is 5.58 Å². The fraction of sp³-hybridized carbons (Fsp3) is 0.250. The number of carbonyl (C=O) groups is 1. The van der Waals surface area contributed by atoms with Gasteiger partial charge in [-0.25, -0.2) is 4.98 Å². The van der Waals surface area contributed by atoms with E-state index in [1.54, 1.807) is 11.8 Å². The molecule has 27 heavy (non-hydrogen) atoms. The topological polar surface area (TPSA) is 63.6 Å². The molecule has 3 heterocycles. The van der Waals surface area contributed by atoms with E-state index in [-0.39, 0.29) is 0 Å². The summed E-state index contributed by atoms with van der Waals surface area (Å²) in [7, 11) is 0. The van der Waals surface area contributed by atoms with Crippen molar-refractivity contribution in [2.24, 2.45) is 0 Å². The maximum Gasteiger partial charge on any atom is 0.305 e. The molecule has 0 fully saturated rings. The third kappa shape index (κ3) is 3.55. The molecular weight excluding hydrogens is 360 g/mol. The largest absolute Gasteiger partial charge is 0.423 e. The van der Waals surface area contributed by atoms with Crippen LogP contribution in [0, 0.1) is 6.92 Å². The van der Waals surface area contributed by atoms with Crippen LogP contribution in [0.5, 0.6) is 0 Å². The molecule has 0 unspecified atom stereocenters. The molecule has 0 aliphatic heterocycles. The van der Waals surface area contributed by atoms with Crippen molar-refractivity contribution in [3.63, 3.8) is 0 Å². The van der Waals surface area contributed by atoms with Crippen molar-refractivity contribution in [1.82, 2.24) is 14.4 Å². The molecule has 0 spiro atoms. The number of carbonyl (C=O) groups excluding carboxylic acids is 1. The van der Waals surface area contributed by atoms with E-state index in [2.05, 4.69) is 35.2 Å². The number of benzene rings is 1. The molecule has 0 saturated carbocycles. The number of oxazole rings is 1. The van der Waals surface area contributed by atoms with Gasteiger partial charge in [-0.1, -0.05) is 12.1 Å². The van der Waals surface area contributed by atoms with Gasteiger partial charge in [-0.3, -0.25) is 9.69 Å². The lowest BCUT2D eigenvalue weighted by molar-refractivity contribution is -0.107. The molecule has 0 bridgehead atoms. The van der Waals surface area contributed by atoms with Crippen LogP contribution in [-0.4, -0.2) is 27.3 Å². The molecule has 3 aromatic heterocycles. The molecule has 1 aromatic carbocycles. The van der Waals surface area contributed by atoms with Crippen LogP contribution < -0.4 is 4.90 Å². The molecule has 4 rings (SSSR count). The van der Waals surface area contributed by atoms with Crippen LogP contribution in [0.3, 0.4) is 0 Å². The average Bonchev–Trinajstić information content (AvgIpc) is 3.26. The summed E-state index contributed by atoms with van der Waals surface area (Å²) in [6, 6.07) is 10.4. The summed E-state index contributed by atoms with van der Waals surface area (Å²) in [6.45, 7) is 4.48. The SMILES string of the molecule is CCN(C=O)c1nc2c(CSCc3cn4ccc(C)cc4n3)cccc2o1. The van der Waals surface area contributed by atoms with Gasteiger partial charge >= 0.3 is 6.01 Å². The van der Waals surface area contributed by atoms with Crippen LogP contribution in [0.15, 0.2) is 47.1 Å². The number of aromatic nitrogens is 3. The first-order valence-corrected chi connectivity index (χ1v) is 9.95. The van der Waals surface area contributed by atoms with Crippen LogP contribution in [0.4, 0.5) is 6.01 Å². The zero-order valence-electron chi connectivity index (χ0n) is 15.3. The Hall–Kier alpha value is -2.80. The number of para-hydroxylation sites is 1. The number of nitrogens with zero attached hydrogens (tertiary/aromatic N) is 4. The Balaban J connectivity index is 1.50. The highest BCUT2D eigenvalue weighted by atomic mass is 32.2. The summed E-state index contributed by atoms with van der Waals surface area (Å²) in [6.07, 6.45) is 4.85. The van der Waals surface area contributed by atoms with Crippen LogP contribution in [0.25, 0.3) is 16.7 Å². The summed E-state index contributed by atoms with van der Waals surface area (Å²) in [5, 5.41) is 0. The number of imidazole rings is 1. The van der Waals surface area contributed by atoms with Gasteiger partial charge in [0.2, 0.25) is 6.41 Å². The van der Waals surface area contributed by atoms with E-state index in [1.807, 2.05) is 35.7 Å². The average molecular weight is 380 g/mol. The zero-order valence-corrected chi connectivity index (χ0v) is 16.1. The standard InChI is InChI=1S/C20H20N4O2S/c1-3-23(13-25)20-22-19-15(5-4-6-17(19)26-20)11-27-12-16-10-24-8-7-14(2)9-18(24)21-16/h4-10,13H,3,11-12H2,1-2H3. The number of hydrogen-bond acceptors (Lipinski definition) is 5. The number of aryl methyl sites for hydroxylation is 1. The van der Waals surface area contributed by atoms with E-state index in [0.29, 0.717) is 18.1 Å². The monoisotopic (exact) mass is 380 g/mol. The van der Waals surface area contributed by atoms with Crippen molar-refractivity contribution in [3.8, 4) is 0 Å². The minimum atomic E-state index is 0.343. The first kappa shape index (κ1) is 17.6. The molecule has 4 aromatic rings. The highest BCUT2D eigenvalue weighted by Crippen LogP contribution is 2.27. The molecule has 0 atom stereocenters. The summed E-state index contributed by atoms with van der Waals surface area (Å²) >= 11 is 1.78. The lowest BCUT2D eigenvalue weighted by Crippen LogP contribution is -2.20. The Labute approximate surface area is 161 Å². The van der Waals surface area contributed by atoms with E-state index < -0.39 is 0 Å². The number of fused-ring (bicyclic) bond motifs is 2. The van der Waals surface area contributed by atoms with Gasteiger partial charge < -0.3 is 8.82 Å². The van der Waals surface area contributed by atoms with Gasteiger partial charge in [-0.15, -0.1) is 0 Å². The Bertz CT molecular complexity index is 1100. The Morgan fingerprint density at radius 1 is 1.26 bits per heavy atom. The molecular formula is C20H20N4O2S. The lowest BCUT2D eigenvalue weighted by Gasteiger charge is -2.07. The van der Waals surface area contributed by atoms with Crippen molar-refractivity contribution in [2.45, 2.75) is 25.4 Å². The van der Waals surface area contributed by atoms with Gasteiger partial charge in [0, 0.05) is 30.4 Å². The molecule has 1 amide bonds. The van der Waals surface area contributed by atoms with Crippen molar-refractivity contribution >= 4 is 40.9 Å².